The zero-order valence-electron chi connectivity index (χ0n) is 17.5. The van der Waals surface area contributed by atoms with E-state index in [1.165, 1.54) is 11.3 Å². The first kappa shape index (κ1) is 20.9. The number of ether oxygens (including phenoxy) is 2. The number of rotatable bonds is 8. The molecule has 8 nitrogen and oxygen atoms in total. The van der Waals surface area contributed by atoms with Crippen molar-refractivity contribution in [3.63, 3.8) is 0 Å². The maximum atomic E-state index is 13.1. The second-order valence-corrected chi connectivity index (χ2v) is 8.46. The Morgan fingerprint density at radius 2 is 1.87 bits per heavy atom. The molecule has 2 N–H and O–H groups in total. The quantitative estimate of drug-likeness (QED) is 0.560. The molecule has 0 saturated heterocycles. The van der Waals surface area contributed by atoms with Gasteiger partial charge in [0.2, 0.25) is 5.91 Å². The van der Waals surface area contributed by atoms with Crippen LogP contribution in [0.15, 0.2) is 42.7 Å². The first-order chi connectivity index (χ1) is 15.0. The lowest BCUT2D eigenvalue weighted by atomic mass is 10.0. The van der Waals surface area contributed by atoms with Gasteiger partial charge < -0.3 is 24.7 Å². The van der Waals surface area contributed by atoms with Crippen molar-refractivity contribution in [3.05, 3.63) is 59.0 Å². The van der Waals surface area contributed by atoms with Crippen LogP contribution in [0.3, 0.4) is 0 Å². The molecule has 0 spiro atoms. The van der Waals surface area contributed by atoms with E-state index in [4.69, 9.17) is 9.47 Å². The van der Waals surface area contributed by atoms with Gasteiger partial charge in [-0.05, 0) is 42.7 Å². The summed E-state index contributed by atoms with van der Waals surface area (Å²) in [6.07, 6.45) is 5.37. The molecule has 0 radical (unpaired) electrons. The van der Waals surface area contributed by atoms with E-state index in [2.05, 4.69) is 15.6 Å². The molecule has 162 valence electrons. The zero-order chi connectivity index (χ0) is 22.0. The largest absolute Gasteiger partial charge is 0.497 e. The van der Waals surface area contributed by atoms with Crippen LogP contribution in [0.5, 0.6) is 11.5 Å². The molecular formula is C22H24N4O4S. The third kappa shape index (κ3) is 4.72. The predicted molar refractivity (Wildman–Crippen MR) is 118 cm³/mol. The van der Waals surface area contributed by atoms with E-state index >= 15 is 0 Å². The molecule has 1 aromatic carbocycles. The van der Waals surface area contributed by atoms with Crippen LogP contribution in [0.1, 0.15) is 39.9 Å². The average molecular weight is 441 g/mol. The van der Waals surface area contributed by atoms with Crippen LogP contribution in [0, 0.1) is 5.92 Å². The highest BCUT2D eigenvalue weighted by atomic mass is 32.1. The van der Waals surface area contributed by atoms with E-state index in [1.807, 2.05) is 29.9 Å². The number of methoxy groups -OCH3 is 2. The molecule has 1 saturated carbocycles. The van der Waals surface area contributed by atoms with Crippen molar-refractivity contribution in [3.8, 4) is 11.5 Å². The van der Waals surface area contributed by atoms with E-state index in [0.717, 1.165) is 18.4 Å². The van der Waals surface area contributed by atoms with Crippen molar-refractivity contribution in [2.24, 2.45) is 13.0 Å². The summed E-state index contributed by atoms with van der Waals surface area (Å²) in [7, 11) is 5.03. The lowest BCUT2D eigenvalue weighted by molar-refractivity contribution is -0.117. The van der Waals surface area contributed by atoms with Crippen LogP contribution < -0.4 is 20.1 Å². The maximum Gasteiger partial charge on any atom is 0.262 e. The normalized spacial score (nSPS) is 14.0. The highest BCUT2D eigenvalue weighted by molar-refractivity contribution is 7.18. The van der Waals surface area contributed by atoms with Crippen molar-refractivity contribution >= 4 is 28.2 Å². The van der Waals surface area contributed by atoms with Gasteiger partial charge >= 0.3 is 0 Å². The predicted octanol–water partition coefficient (Wildman–Crippen LogP) is 3.37. The second-order valence-electron chi connectivity index (χ2n) is 7.38. The molecule has 2 aromatic heterocycles. The molecule has 2 amide bonds. The van der Waals surface area contributed by atoms with Gasteiger partial charge in [0, 0.05) is 31.4 Å². The van der Waals surface area contributed by atoms with Crippen LogP contribution in [0.25, 0.3) is 0 Å². The fraction of sp³-hybridized carbons (Fsp3) is 0.318. The van der Waals surface area contributed by atoms with Crippen molar-refractivity contribution < 1.29 is 19.1 Å². The Bertz CT molecular complexity index is 1080. The van der Waals surface area contributed by atoms with Crippen molar-refractivity contribution in [2.45, 2.75) is 18.9 Å². The third-order valence-electron chi connectivity index (χ3n) is 5.12. The Balaban J connectivity index is 1.60. The molecule has 1 aliphatic rings. The van der Waals surface area contributed by atoms with Gasteiger partial charge in [0.05, 0.1) is 24.1 Å². The van der Waals surface area contributed by atoms with E-state index in [-0.39, 0.29) is 17.7 Å². The number of amides is 2. The van der Waals surface area contributed by atoms with Crippen LogP contribution in [0.4, 0.5) is 5.00 Å². The molecule has 1 atom stereocenters. The number of hydrogen-bond donors (Lipinski definition) is 2. The fourth-order valence-corrected chi connectivity index (χ4v) is 4.06. The highest BCUT2D eigenvalue weighted by Crippen LogP contribution is 2.33. The number of imidazole rings is 1. The van der Waals surface area contributed by atoms with E-state index in [9.17, 15) is 9.59 Å². The number of benzene rings is 1. The maximum absolute atomic E-state index is 13.1. The number of carbonyl (C=O) groups excluding carboxylic acids is 2. The summed E-state index contributed by atoms with van der Waals surface area (Å²) in [5, 5.41) is 6.61. The number of nitrogens with zero attached hydrogens (tertiary/aromatic N) is 2. The Kier molecular flexibility index (Phi) is 5.94. The summed E-state index contributed by atoms with van der Waals surface area (Å²) in [5.41, 5.74) is 0.776. The van der Waals surface area contributed by atoms with E-state index < -0.39 is 6.04 Å². The van der Waals surface area contributed by atoms with Crippen LogP contribution in [-0.4, -0.2) is 35.6 Å². The smallest absolute Gasteiger partial charge is 0.262 e. The molecule has 1 unspecified atom stereocenters. The summed E-state index contributed by atoms with van der Waals surface area (Å²) in [6.45, 7) is 0. The Labute approximate surface area is 184 Å². The van der Waals surface area contributed by atoms with Crippen LogP contribution in [-0.2, 0) is 11.8 Å². The highest BCUT2D eigenvalue weighted by Gasteiger charge is 2.30. The van der Waals surface area contributed by atoms with Gasteiger partial charge in [-0.15, -0.1) is 11.3 Å². The van der Waals surface area contributed by atoms with Gasteiger partial charge in [0.1, 0.15) is 23.4 Å². The molecule has 1 aliphatic carbocycles. The summed E-state index contributed by atoms with van der Waals surface area (Å²) in [5.74, 6) is 1.76. The number of aryl methyl sites for hydroxylation is 1. The Hall–Kier alpha value is -3.33. The van der Waals surface area contributed by atoms with Gasteiger partial charge in [-0.25, -0.2) is 4.98 Å². The molecule has 31 heavy (non-hydrogen) atoms. The van der Waals surface area contributed by atoms with Crippen molar-refractivity contribution in [2.75, 3.05) is 19.5 Å². The molecule has 4 rings (SSSR count). The first-order valence-corrected chi connectivity index (χ1v) is 10.7. The molecular weight excluding hydrogens is 416 g/mol. The SMILES string of the molecule is COc1cc(OC)cc(C(NC(=O)c2ccc(NC(=O)C3CC3)s2)c2nccn2C)c1. The number of hydrogen-bond acceptors (Lipinski definition) is 6. The second kappa shape index (κ2) is 8.81. The standard InChI is InChI=1S/C22H24N4O4S/c1-26-9-8-23-20(26)19(14-10-15(29-2)12-16(11-14)30-3)25-22(28)17-6-7-18(31-17)24-21(27)13-4-5-13/h6-13,19H,4-5H2,1-3H3,(H,24,27)(H,25,28). The zero-order valence-corrected chi connectivity index (χ0v) is 18.4. The van der Waals surface area contributed by atoms with Crippen molar-refractivity contribution in [1.29, 1.82) is 0 Å². The first-order valence-electron chi connectivity index (χ1n) is 9.90. The molecule has 1 fully saturated rings. The number of carbonyl (C=O) groups is 2. The minimum absolute atomic E-state index is 0.0168. The molecule has 3 aromatic rings. The molecule has 2 heterocycles. The monoisotopic (exact) mass is 440 g/mol. The van der Waals surface area contributed by atoms with Crippen LogP contribution in [0.2, 0.25) is 0 Å². The summed E-state index contributed by atoms with van der Waals surface area (Å²) in [6, 6.07) is 8.40. The number of nitrogens with one attached hydrogen (secondary N) is 2. The fourth-order valence-electron chi connectivity index (χ4n) is 3.25. The van der Waals surface area contributed by atoms with E-state index in [0.29, 0.717) is 27.2 Å². The molecule has 0 aliphatic heterocycles. The van der Waals surface area contributed by atoms with Gasteiger partial charge in [0.25, 0.3) is 5.91 Å². The molecule has 0 bridgehead atoms. The van der Waals surface area contributed by atoms with Gasteiger partial charge in [-0.3, -0.25) is 9.59 Å². The Morgan fingerprint density at radius 3 is 2.45 bits per heavy atom. The summed E-state index contributed by atoms with van der Waals surface area (Å²) in [4.78, 5) is 30.0. The number of thiophene rings is 1. The van der Waals surface area contributed by atoms with Gasteiger partial charge in [-0.2, -0.15) is 0 Å². The summed E-state index contributed by atoms with van der Waals surface area (Å²) < 4.78 is 12.6. The van der Waals surface area contributed by atoms with Crippen molar-refractivity contribution in [1.82, 2.24) is 14.9 Å². The van der Waals surface area contributed by atoms with Gasteiger partial charge in [-0.1, -0.05) is 0 Å². The lowest BCUT2D eigenvalue weighted by Gasteiger charge is -2.20. The topological polar surface area (TPSA) is 94.5 Å². The number of anilines is 1. The van der Waals surface area contributed by atoms with Gasteiger partial charge in [0.15, 0.2) is 0 Å². The third-order valence-corrected chi connectivity index (χ3v) is 6.12. The minimum atomic E-state index is -0.525. The van der Waals surface area contributed by atoms with E-state index in [1.54, 1.807) is 38.6 Å². The average Bonchev–Trinajstić information content (AvgIpc) is 3.40. The summed E-state index contributed by atoms with van der Waals surface area (Å²) >= 11 is 1.25. The molecule has 9 heteroatoms. The Morgan fingerprint density at radius 1 is 1.16 bits per heavy atom. The number of aromatic nitrogens is 2. The lowest BCUT2D eigenvalue weighted by Crippen LogP contribution is -2.30. The van der Waals surface area contributed by atoms with Crippen LogP contribution >= 0.6 is 11.3 Å². The minimum Gasteiger partial charge on any atom is -0.497 e.